The number of halogens is 1. The van der Waals surface area contributed by atoms with E-state index >= 15 is 0 Å². The first-order valence-corrected chi connectivity index (χ1v) is 8.35. The second-order valence-corrected chi connectivity index (χ2v) is 8.32. The Bertz CT molecular complexity index is 639. The summed E-state index contributed by atoms with van der Waals surface area (Å²) < 4.78 is 29.8. The number of aromatic nitrogens is 1. The van der Waals surface area contributed by atoms with Crippen LogP contribution in [-0.2, 0) is 23.6 Å². The molecule has 0 aliphatic rings. The van der Waals surface area contributed by atoms with Crippen LogP contribution in [0.2, 0.25) is 0 Å². The molecule has 0 amide bonds. The van der Waals surface area contributed by atoms with Crippen LogP contribution in [0.15, 0.2) is 32.4 Å². The minimum absolute atomic E-state index is 0.292. The first-order valence-electron chi connectivity index (χ1n) is 5.26. The maximum absolute atomic E-state index is 12.1. The van der Waals surface area contributed by atoms with E-state index in [2.05, 4.69) is 20.7 Å². The van der Waals surface area contributed by atoms with E-state index < -0.39 is 10.0 Å². The van der Waals surface area contributed by atoms with Crippen LogP contribution in [0, 0.1) is 6.92 Å². The van der Waals surface area contributed by atoms with Gasteiger partial charge < -0.3 is 4.57 Å². The van der Waals surface area contributed by atoms with Gasteiger partial charge in [0.15, 0.2) is 0 Å². The molecule has 1 N–H and O–H groups in total. The van der Waals surface area contributed by atoms with Crippen molar-refractivity contribution in [3.8, 4) is 0 Å². The van der Waals surface area contributed by atoms with Gasteiger partial charge in [0.05, 0.1) is 10.3 Å². The van der Waals surface area contributed by atoms with Gasteiger partial charge in [-0.1, -0.05) is 0 Å². The molecule has 0 unspecified atom stereocenters. The summed E-state index contributed by atoms with van der Waals surface area (Å²) in [6.45, 7) is 2.16. The molecule has 2 heterocycles. The molecule has 0 saturated carbocycles. The van der Waals surface area contributed by atoms with Gasteiger partial charge in [0.1, 0.15) is 4.21 Å². The highest BCUT2D eigenvalue weighted by Gasteiger charge is 2.18. The zero-order valence-electron chi connectivity index (χ0n) is 9.97. The Labute approximate surface area is 119 Å². The first-order chi connectivity index (χ1) is 8.40. The number of aryl methyl sites for hydroxylation is 2. The van der Waals surface area contributed by atoms with Crippen molar-refractivity contribution in [2.45, 2.75) is 17.7 Å². The van der Waals surface area contributed by atoms with Gasteiger partial charge in [0.2, 0.25) is 10.0 Å². The Hall–Kier alpha value is -0.630. The fourth-order valence-corrected chi connectivity index (χ4v) is 4.75. The van der Waals surface area contributed by atoms with Gasteiger partial charge in [0.25, 0.3) is 0 Å². The molecule has 0 atom stereocenters. The molecule has 0 radical (unpaired) electrons. The average Bonchev–Trinajstić information content (AvgIpc) is 2.84. The van der Waals surface area contributed by atoms with Gasteiger partial charge in [-0.2, -0.15) is 0 Å². The Balaban J connectivity index is 2.15. The molecule has 0 aliphatic heterocycles. The SMILES string of the molecule is Cc1cc(S(=O)(=O)NCc2cccn2C)sc1Br. The summed E-state index contributed by atoms with van der Waals surface area (Å²) >= 11 is 4.55. The third kappa shape index (κ3) is 2.85. The Morgan fingerprint density at radius 2 is 2.22 bits per heavy atom. The minimum atomic E-state index is -3.43. The summed E-state index contributed by atoms with van der Waals surface area (Å²) in [7, 11) is -1.55. The summed E-state index contributed by atoms with van der Waals surface area (Å²) in [6.07, 6.45) is 1.88. The normalized spacial score (nSPS) is 11.9. The molecule has 2 aromatic rings. The van der Waals surface area contributed by atoms with Gasteiger partial charge in [-0.25, -0.2) is 13.1 Å². The fourth-order valence-electron chi connectivity index (χ4n) is 1.48. The molecule has 0 aliphatic carbocycles. The standard InChI is InChI=1S/C11H13BrN2O2S2/c1-8-6-10(17-11(8)12)18(15,16)13-7-9-4-3-5-14(9)2/h3-6,13H,7H2,1-2H3. The molecule has 4 nitrogen and oxygen atoms in total. The molecular formula is C11H13BrN2O2S2. The minimum Gasteiger partial charge on any atom is -0.353 e. The third-order valence-corrected chi connectivity index (χ3v) is 6.61. The number of thiophene rings is 1. The van der Waals surface area contributed by atoms with E-state index in [1.165, 1.54) is 11.3 Å². The summed E-state index contributed by atoms with van der Waals surface area (Å²) in [4.78, 5) is 0. The van der Waals surface area contributed by atoms with Crippen molar-refractivity contribution in [1.29, 1.82) is 0 Å². The second kappa shape index (κ2) is 5.16. The predicted molar refractivity (Wildman–Crippen MR) is 76.2 cm³/mol. The molecule has 18 heavy (non-hydrogen) atoms. The zero-order chi connectivity index (χ0) is 13.3. The van der Waals surface area contributed by atoms with Crippen LogP contribution in [0.25, 0.3) is 0 Å². The number of nitrogens with zero attached hydrogens (tertiary/aromatic N) is 1. The fraction of sp³-hybridized carbons (Fsp3) is 0.273. The van der Waals surface area contributed by atoms with Crippen LogP contribution >= 0.6 is 27.3 Å². The van der Waals surface area contributed by atoms with E-state index in [-0.39, 0.29) is 0 Å². The summed E-state index contributed by atoms with van der Waals surface area (Å²) in [5.74, 6) is 0. The molecule has 0 fully saturated rings. The van der Waals surface area contributed by atoms with E-state index in [0.717, 1.165) is 15.0 Å². The second-order valence-electron chi connectivity index (χ2n) is 3.96. The number of nitrogens with one attached hydrogen (secondary N) is 1. The molecular weight excluding hydrogens is 336 g/mol. The van der Waals surface area contributed by atoms with E-state index in [0.29, 0.717) is 10.8 Å². The lowest BCUT2D eigenvalue weighted by Crippen LogP contribution is -2.23. The Morgan fingerprint density at radius 1 is 1.50 bits per heavy atom. The number of hydrogen-bond acceptors (Lipinski definition) is 3. The van der Waals surface area contributed by atoms with E-state index in [4.69, 9.17) is 0 Å². The lowest BCUT2D eigenvalue weighted by Gasteiger charge is -2.05. The van der Waals surface area contributed by atoms with Crippen LogP contribution in [0.4, 0.5) is 0 Å². The molecule has 0 aromatic carbocycles. The van der Waals surface area contributed by atoms with Gasteiger partial charge in [0, 0.05) is 18.9 Å². The smallest absolute Gasteiger partial charge is 0.250 e. The number of rotatable bonds is 4. The van der Waals surface area contributed by atoms with Crippen LogP contribution in [0.5, 0.6) is 0 Å². The van der Waals surface area contributed by atoms with E-state index in [1.54, 1.807) is 6.07 Å². The molecule has 7 heteroatoms. The molecule has 0 bridgehead atoms. The summed E-state index contributed by atoms with van der Waals surface area (Å²) in [5.41, 5.74) is 1.85. The molecule has 0 saturated heterocycles. The van der Waals surface area contributed by atoms with Crippen molar-refractivity contribution in [3.63, 3.8) is 0 Å². The molecule has 2 rings (SSSR count). The van der Waals surface area contributed by atoms with Crippen LogP contribution in [0.1, 0.15) is 11.3 Å². The van der Waals surface area contributed by atoms with E-state index in [1.807, 2.05) is 36.9 Å². The number of hydrogen-bond donors (Lipinski definition) is 1. The lowest BCUT2D eigenvalue weighted by atomic mass is 10.4. The predicted octanol–water partition coefficient (Wildman–Crippen LogP) is 2.64. The van der Waals surface area contributed by atoms with Crippen LogP contribution < -0.4 is 4.72 Å². The van der Waals surface area contributed by atoms with Crippen LogP contribution in [0.3, 0.4) is 0 Å². The summed E-state index contributed by atoms with van der Waals surface area (Å²) in [5, 5.41) is 0. The van der Waals surface area contributed by atoms with Crippen molar-refractivity contribution in [2.75, 3.05) is 0 Å². The molecule has 0 spiro atoms. The summed E-state index contributed by atoms with van der Waals surface area (Å²) in [6, 6.07) is 5.44. The zero-order valence-corrected chi connectivity index (χ0v) is 13.2. The van der Waals surface area contributed by atoms with Gasteiger partial charge in [-0.05, 0) is 46.6 Å². The highest BCUT2D eigenvalue weighted by molar-refractivity contribution is 9.11. The van der Waals surface area contributed by atoms with Crippen molar-refractivity contribution < 1.29 is 8.42 Å². The van der Waals surface area contributed by atoms with Gasteiger partial charge in [-0.3, -0.25) is 0 Å². The maximum Gasteiger partial charge on any atom is 0.250 e. The third-order valence-electron chi connectivity index (χ3n) is 2.59. The van der Waals surface area contributed by atoms with Crippen molar-refractivity contribution in [3.05, 3.63) is 39.4 Å². The van der Waals surface area contributed by atoms with Crippen LogP contribution in [-0.4, -0.2) is 13.0 Å². The number of sulfonamides is 1. The topological polar surface area (TPSA) is 51.1 Å². The highest BCUT2D eigenvalue weighted by atomic mass is 79.9. The average molecular weight is 349 g/mol. The van der Waals surface area contributed by atoms with Crippen molar-refractivity contribution in [1.82, 2.24) is 9.29 Å². The highest BCUT2D eigenvalue weighted by Crippen LogP contribution is 2.30. The molecule has 2 aromatic heterocycles. The first kappa shape index (κ1) is 13.8. The van der Waals surface area contributed by atoms with Crippen molar-refractivity contribution >= 4 is 37.3 Å². The van der Waals surface area contributed by atoms with Gasteiger partial charge in [-0.15, -0.1) is 11.3 Å². The monoisotopic (exact) mass is 348 g/mol. The Morgan fingerprint density at radius 3 is 2.72 bits per heavy atom. The van der Waals surface area contributed by atoms with E-state index in [9.17, 15) is 8.42 Å². The maximum atomic E-state index is 12.1. The van der Waals surface area contributed by atoms with Gasteiger partial charge >= 0.3 is 0 Å². The van der Waals surface area contributed by atoms with Crippen molar-refractivity contribution in [2.24, 2.45) is 7.05 Å². The Kier molecular flexibility index (Phi) is 3.96. The molecule has 98 valence electrons. The quantitative estimate of drug-likeness (QED) is 0.923. The lowest BCUT2D eigenvalue weighted by molar-refractivity contribution is 0.581. The largest absolute Gasteiger partial charge is 0.353 e.